The molecule has 0 heterocycles. The SMILES string of the molecule is CCC[C@@H](N)c1cccc(C)c1. The lowest BCUT2D eigenvalue weighted by Gasteiger charge is -2.10. The molecule has 1 aromatic rings. The summed E-state index contributed by atoms with van der Waals surface area (Å²) >= 11 is 0. The molecule has 1 heteroatoms. The van der Waals surface area contributed by atoms with Crippen molar-refractivity contribution in [1.29, 1.82) is 0 Å². The molecule has 0 saturated heterocycles. The van der Waals surface area contributed by atoms with Gasteiger partial charge in [0.15, 0.2) is 0 Å². The van der Waals surface area contributed by atoms with Gasteiger partial charge in [-0.2, -0.15) is 0 Å². The Balaban J connectivity index is 2.73. The summed E-state index contributed by atoms with van der Waals surface area (Å²) in [7, 11) is 0. The van der Waals surface area contributed by atoms with Gasteiger partial charge >= 0.3 is 0 Å². The van der Waals surface area contributed by atoms with Gasteiger partial charge in [-0.1, -0.05) is 43.2 Å². The lowest BCUT2D eigenvalue weighted by molar-refractivity contribution is 0.638. The van der Waals surface area contributed by atoms with Crippen LogP contribution in [0.3, 0.4) is 0 Å². The van der Waals surface area contributed by atoms with Crippen LogP contribution in [0.5, 0.6) is 0 Å². The van der Waals surface area contributed by atoms with Gasteiger partial charge in [0.2, 0.25) is 0 Å². The summed E-state index contributed by atoms with van der Waals surface area (Å²) in [6, 6.07) is 8.66. The Morgan fingerprint density at radius 3 is 2.75 bits per heavy atom. The van der Waals surface area contributed by atoms with Crippen molar-refractivity contribution in [1.82, 2.24) is 0 Å². The maximum absolute atomic E-state index is 5.97. The van der Waals surface area contributed by atoms with Gasteiger partial charge in [0, 0.05) is 6.04 Å². The Hall–Kier alpha value is -0.820. The van der Waals surface area contributed by atoms with E-state index in [4.69, 9.17) is 5.73 Å². The third-order valence-electron chi connectivity index (χ3n) is 2.07. The normalized spacial score (nSPS) is 12.9. The minimum Gasteiger partial charge on any atom is -0.324 e. The van der Waals surface area contributed by atoms with Crippen molar-refractivity contribution >= 4 is 0 Å². The molecule has 0 spiro atoms. The summed E-state index contributed by atoms with van der Waals surface area (Å²) < 4.78 is 0. The molecule has 0 amide bonds. The van der Waals surface area contributed by atoms with E-state index in [1.54, 1.807) is 0 Å². The highest BCUT2D eigenvalue weighted by atomic mass is 14.6. The first-order valence-electron chi connectivity index (χ1n) is 4.56. The fraction of sp³-hybridized carbons (Fsp3) is 0.455. The van der Waals surface area contributed by atoms with E-state index < -0.39 is 0 Å². The molecule has 0 unspecified atom stereocenters. The Labute approximate surface area is 74.6 Å². The molecule has 0 saturated carbocycles. The van der Waals surface area contributed by atoms with E-state index in [9.17, 15) is 0 Å². The molecule has 0 aliphatic rings. The van der Waals surface area contributed by atoms with Crippen LogP contribution in [0.15, 0.2) is 24.3 Å². The molecule has 0 aliphatic heterocycles. The lowest BCUT2D eigenvalue weighted by atomic mass is 10.0. The van der Waals surface area contributed by atoms with Crippen molar-refractivity contribution in [3.8, 4) is 0 Å². The lowest BCUT2D eigenvalue weighted by Crippen LogP contribution is -2.09. The van der Waals surface area contributed by atoms with Gasteiger partial charge in [-0.15, -0.1) is 0 Å². The summed E-state index contributed by atoms with van der Waals surface area (Å²) in [6.07, 6.45) is 2.22. The first-order chi connectivity index (χ1) is 5.74. The average Bonchev–Trinajstić information content (AvgIpc) is 2.05. The fourth-order valence-electron chi connectivity index (χ4n) is 1.38. The number of hydrogen-bond donors (Lipinski definition) is 1. The summed E-state index contributed by atoms with van der Waals surface area (Å²) in [6.45, 7) is 4.26. The summed E-state index contributed by atoms with van der Waals surface area (Å²) in [5, 5.41) is 0. The van der Waals surface area contributed by atoms with Crippen LogP contribution in [0.1, 0.15) is 36.9 Å². The Bertz CT molecular complexity index is 243. The van der Waals surface area contributed by atoms with Gasteiger partial charge in [0.05, 0.1) is 0 Å². The van der Waals surface area contributed by atoms with Crippen molar-refractivity contribution in [2.75, 3.05) is 0 Å². The Morgan fingerprint density at radius 1 is 1.42 bits per heavy atom. The van der Waals surface area contributed by atoms with Crippen LogP contribution in [0.25, 0.3) is 0 Å². The molecule has 2 N–H and O–H groups in total. The third kappa shape index (κ3) is 2.35. The molecule has 0 bridgehead atoms. The molecule has 1 atom stereocenters. The number of rotatable bonds is 3. The molecule has 1 rings (SSSR count). The average molecular weight is 163 g/mol. The van der Waals surface area contributed by atoms with E-state index in [1.807, 2.05) is 0 Å². The molecule has 1 nitrogen and oxygen atoms in total. The molecule has 0 aromatic heterocycles. The zero-order valence-corrected chi connectivity index (χ0v) is 7.88. The van der Waals surface area contributed by atoms with Gasteiger partial charge in [0.25, 0.3) is 0 Å². The van der Waals surface area contributed by atoms with Crippen molar-refractivity contribution in [2.24, 2.45) is 5.73 Å². The van der Waals surface area contributed by atoms with Crippen LogP contribution >= 0.6 is 0 Å². The minimum absolute atomic E-state index is 0.217. The quantitative estimate of drug-likeness (QED) is 0.728. The molecule has 12 heavy (non-hydrogen) atoms. The fourth-order valence-corrected chi connectivity index (χ4v) is 1.38. The maximum Gasteiger partial charge on any atom is 0.0294 e. The second kappa shape index (κ2) is 4.27. The van der Waals surface area contributed by atoms with Crippen molar-refractivity contribution in [2.45, 2.75) is 32.7 Å². The smallest absolute Gasteiger partial charge is 0.0294 e. The van der Waals surface area contributed by atoms with Crippen LogP contribution < -0.4 is 5.73 Å². The van der Waals surface area contributed by atoms with Crippen LogP contribution in [-0.2, 0) is 0 Å². The Morgan fingerprint density at radius 2 is 2.17 bits per heavy atom. The third-order valence-corrected chi connectivity index (χ3v) is 2.07. The molecule has 1 aromatic carbocycles. The van der Waals surface area contributed by atoms with E-state index in [1.165, 1.54) is 11.1 Å². The van der Waals surface area contributed by atoms with E-state index in [-0.39, 0.29) is 6.04 Å². The van der Waals surface area contributed by atoms with Gasteiger partial charge in [-0.3, -0.25) is 0 Å². The van der Waals surface area contributed by atoms with Crippen LogP contribution in [0.4, 0.5) is 0 Å². The van der Waals surface area contributed by atoms with E-state index >= 15 is 0 Å². The summed E-state index contributed by atoms with van der Waals surface area (Å²) in [4.78, 5) is 0. The Kier molecular flexibility index (Phi) is 3.30. The molecule has 0 fully saturated rings. The highest BCUT2D eigenvalue weighted by Crippen LogP contribution is 2.16. The van der Waals surface area contributed by atoms with E-state index in [2.05, 4.69) is 38.1 Å². The van der Waals surface area contributed by atoms with Crippen LogP contribution in [-0.4, -0.2) is 0 Å². The number of hydrogen-bond acceptors (Lipinski definition) is 1. The summed E-state index contributed by atoms with van der Waals surface area (Å²) in [5.41, 5.74) is 8.53. The zero-order chi connectivity index (χ0) is 8.97. The minimum atomic E-state index is 0.217. The first-order valence-corrected chi connectivity index (χ1v) is 4.56. The highest BCUT2D eigenvalue weighted by molar-refractivity contribution is 5.24. The number of benzene rings is 1. The van der Waals surface area contributed by atoms with Gasteiger partial charge < -0.3 is 5.73 Å². The van der Waals surface area contributed by atoms with Crippen LogP contribution in [0.2, 0.25) is 0 Å². The highest BCUT2D eigenvalue weighted by Gasteiger charge is 2.03. The van der Waals surface area contributed by atoms with Gasteiger partial charge in [0.1, 0.15) is 0 Å². The number of aryl methyl sites for hydroxylation is 1. The molecule has 66 valence electrons. The first kappa shape index (κ1) is 9.27. The number of nitrogens with two attached hydrogens (primary N) is 1. The van der Waals surface area contributed by atoms with Crippen molar-refractivity contribution in [3.05, 3.63) is 35.4 Å². The second-order valence-electron chi connectivity index (χ2n) is 3.31. The molecular formula is C11H17N. The molecule has 0 radical (unpaired) electrons. The largest absolute Gasteiger partial charge is 0.324 e. The summed E-state index contributed by atoms with van der Waals surface area (Å²) in [5.74, 6) is 0. The predicted octanol–water partition coefficient (Wildman–Crippen LogP) is 2.79. The molecular weight excluding hydrogens is 146 g/mol. The van der Waals surface area contributed by atoms with Crippen LogP contribution in [0, 0.1) is 6.92 Å². The standard InChI is InChI=1S/C11H17N/c1-3-5-11(12)10-7-4-6-9(2)8-10/h4,6-8,11H,3,5,12H2,1-2H3/t11-/m1/s1. The second-order valence-corrected chi connectivity index (χ2v) is 3.31. The van der Waals surface area contributed by atoms with E-state index in [0.29, 0.717) is 0 Å². The van der Waals surface area contributed by atoms with Crippen molar-refractivity contribution in [3.63, 3.8) is 0 Å². The van der Waals surface area contributed by atoms with E-state index in [0.717, 1.165) is 12.8 Å². The zero-order valence-electron chi connectivity index (χ0n) is 7.88. The topological polar surface area (TPSA) is 26.0 Å². The monoisotopic (exact) mass is 163 g/mol. The predicted molar refractivity (Wildman–Crippen MR) is 53.0 cm³/mol. The van der Waals surface area contributed by atoms with Gasteiger partial charge in [-0.25, -0.2) is 0 Å². The maximum atomic E-state index is 5.97. The van der Waals surface area contributed by atoms with Crippen molar-refractivity contribution < 1.29 is 0 Å². The molecule has 0 aliphatic carbocycles. The van der Waals surface area contributed by atoms with Gasteiger partial charge in [-0.05, 0) is 18.9 Å².